The minimum atomic E-state index is -1.61. The average Bonchev–Trinajstić information content (AvgIpc) is 2.76. The van der Waals surface area contributed by atoms with E-state index in [1.165, 1.54) is 0 Å². The van der Waals surface area contributed by atoms with Crippen LogP contribution in [0.3, 0.4) is 0 Å². The number of nitrogens with zero attached hydrogens (tertiary/aromatic N) is 1. The Labute approximate surface area is 118 Å². The molecule has 1 amide bonds. The zero-order valence-corrected chi connectivity index (χ0v) is 11.5. The van der Waals surface area contributed by atoms with Gasteiger partial charge in [-0.3, -0.25) is 4.79 Å². The largest absolute Gasteiger partial charge is 0.361 e. The molecule has 0 aliphatic rings. The van der Waals surface area contributed by atoms with E-state index in [1.807, 2.05) is 0 Å². The van der Waals surface area contributed by atoms with Crippen molar-refractivity contribution < 1.29 is 22.5 Å². The maximum Gasteiger partial charge on any atom is 0.224 e. The molecule has 0 aliphatic carbocycles. The number of amides is 1. The van der Waals surface area contributed by atoms with Gasteiger partial charge in [-0.1, -0.05) is 5.16 Å². The Kier molecular flexibility index (Phi) is 4.30. The summed E-state index contributed by atoms with van der Waals surface area (Å²) in [5.41, 5.74) is 1.09. The third-order valence-electron chi connectivity index (χ3n) is 3.09. The lowest BCUT2D eigenvalue weighted by molar-refractivity contribution is -0.116. The van der Waals surface area contributed by atoms with Crippen LogP contribution >= 0.6 is 0 Å². The first-order chi connectivity index (χ1) is 9.90. The van der Waals surface area contributed by atoms with Gasteiger partial charge in [-0.05, 0) is 32.4 Å². The zero-order chi connectivity index (χ0) is 15.6. The highest BCUT2D eigenvalue weighted by atomic mass is 19.2. The van der Waals surface area contributed by atoms with Crippen molar-refractivity contribution in [2.45, 2.75) is 26.7 Å². The third-order valence-corrected chi connectivity index (χ3v) is 3.09. The molecule has 0 atom stereocenters. The number of hydrogen-bond acceptors (Lipinski definition) is 3. The van der Waals surface area contributed by atoms with E-state index in [-0.39, 0.29) is 6.42 Å². The summed E-state index contributed by atoms with van der Waals surface area (Å²) in [7, 11) is 0. The van der Waals surface area contributed by atoms with Crippen LogP contribution in [-0.2, 0) is 11.2 Å². The first-order valence-electron chi connectivity index (χ1n) is 6.25. The van der Waals surface area contributed by atoms with Gasteiger partial charge in [-0.2, -0.15) is 0 Å². The van der Waals surface area contributed by atoms with Crippen molar-refractivity contribution in [3.63, 3.8) is 0 Å². The van der Waals surface area contributed by atoms with E-state index in [4.69, 9.17) is 4.52 Å². The minimum Gasteiger partial charge on any atom is -0.361 e. The molecule has 1 aromatic carbocycles. The smallest absolute Gasteiger partial charge is 0.224 e. The SMILES string of the molecule is Cc1noc(C)c1CCC(=O)Nc1ccc(F)c(F)c1F. The minimum absolute atomic E-state index is 0.0430. The molecule has 0 saturated heterocycles. The lowest BCUT2D eigenvalue weighted by atomic mass is 10.1. The van der Waals surface area contributed by atoms with E-state index in [1.54, 1.807) is 13.8 Å². The Bertz CT molecular complexity index is 664. The van der Waals surface area contributed by atoms with Gasteiger partial charge in [-0.25, -0.2) is 13.2 Å². The van der Waals surface area contributed by atoms with Gasteiger partial charge in [0.15, 0.2) is 17.5 Å². The fraction of sp³-hybridized carbons (Fsp3) is 0.286. The second-order valence-corrected chi connectivity index (χ2v) is 4.57. The molecule has 0 radical (unpaired) electrons. The van der Waals surface area contributed by atoms with Gasteiger partial charge in [0, 0.05) is 12.0 Å². The van der Waals surface area contributed by atoms with Crippen molar-refractivity contribution >= 4 is 11.6 Å². The molecule has 0 unspecified atom stereocenters. The number of rotatable bonds is 4. The Hall–Kier alpha value is -2.31. The van der Waals surface area contributed by atoms with Crippen LogP contribution < -0.4 is 5.32 Å². The summed E-state index contributed by atoms with van der Waals surface area (Å²) in [6.07, 6.45) is 0.402. The van der Waals surface area contributed by atoms with E-state index in [0.29, 0.717) is 17.9 Å². The molecule has 1 heterocycles. The van der Waals surface area contributed by atoms with Gasteiger partial charge in [0.25, 0.3) is 0 Å². The molecule has 0 bridgehead atoms. The lowest BCUT2D eigenvalue weighted by Crippen LogP contribution is -2.14. The molecule has 0 aliphatic heterocycles. The molecule has 4 nitrogen and oxygen atoms in total. The van der Waals surface area contributed by atoms with E-state index in [0.717, 1.165) is 17.7 Å². The van der Waals surface area contributed by atoms with Crippen LogP contribution in [0.2, 0.25) is 0 Å². The van der Waals surface area contributed by atoms with E-state index in [9.17, 15) is 18.0 Å². The van der Waals surface area contributed by atoms with Crippen molar-refractivity contribution in [3.05, 3.63) is 46.6 Å². The van der Waals surface area contributed by atoms with Gasteiger partial charge >= 0.3 is 0 Å². The number of anilines is 1. The van der Waals surface area contributed by atoms with Crippen LogP contribution in [0.1, 0.15) is 23.4 Å². The fourth-order valence-corrected chi connectivity index (χ4v) is 1.93. The molecule has 0 spiro atoms. The van der Waals surface area contributed by atoms with Crippen LogP contribution in [0.15, 0.2) is 16.7 Å². The topological polar surface area (TPSA) is 55.1 Å². The van der Waals surface area contributed by atoms with Crippen LogP contribution in [0.25, 0.3) is 0 Å². The first-order valence-corrected chi connectivity index (χ1v) is 6.25. The Morgan fingerprint density at radius 1 is 1.24 bits per heavy atom. The predicted octanol–water partition coefficient (Wildman–Crippen LogP) is 3.28. The summed E-state index contributed by atoms with van der Waals surface area (Å²) in [4.78, 5) is 11.7. The summed E-state index contributed by atoms with van der Waals surface area (Å²) in [6, 6.07) is 1.73. The number of nitrogens with one attached hydrogen (secondary N) is 1. The quantitative estimate of drug-likeness (QED) is 0.881. The molecule has 1 N–H and O–H groups in total. The molecular weight excluding hydrogens is 285 g/mol. The normalized spacial score (nSPS) is 10.7. The summed E-state index contributed by atoms with van der Waals surface area (Å²) in [6.45, 7) is 3.47. The number of carbonyl (C=O) groups is 1. The fourth-order valence-electron chi connectivity index (χ4n) is 1.93. The van der Waals surface area contributed by atoms with E-state index in [2.05, 4.69) is 10.5 Å². The Balaban J connectivity index is 2.01. The summed E-state index contributed by atoms with van der Waals surface area (Å²) >= 11 is 0. The number of halogens is 3. The Morgan fingerprint density at radius 2 is 1.95 bits per heavy atom. The highest BCUT2D eigenvalue weighted by molar-refractivity contribution is 5.91. The van der Waals surface area contributed by atoms with Crippen LogP contribution in [0.4, 0.5) is 18.9 Å². The van der Waals surface area contributed by atoms with E-state index >= 15 is 0 Å². The summed E-state index contributed by atoms with van der Waals surface area (Å²) < 4.78 is 44.2. The van der Waals surface area contributed by atoms with Crippen LogP contribution in [0, 0.1) is 31.3 Å². The number of carbonyl (C=O) groups excluding carboxylic acids is 1. The molecule has 0 fully saturated rings. The van der Waals surface area contributed by atoms with Gasteiger partial charge in [0.1, 0.15) is 5.76 Å². The van der Waals surface area contributed by atoms with Crippen LogP contribution in [-0.4, -0.2) is 11.1 Å². The van der Waals surface area contributed by atoms with Crippen molar-refractivity contribution in [1.82, 2.24) is 5.16 Å². The number of aryl methyl sites for hydroxylation is 2. The predicted molar refractivity (Wildman–Crippen MR) is 69.2 cm³/mol. The molecular formula is C14H13F3N2O2. The molecule has 0 saturated carbocycles. The number of hydrogen-bond donors (Lipinski definition) is 1. The molecule has 112 valence electrons. The van der Waals surface area contributed by atoms with Crippen LogP contribution in [0.5, 0.6) is 0 Å². The maximum absolute atomic E-state index is 13.4. The van der Waals surface area contributed by atoms with Gasteiger partial charge in [0.2, 0.25) is 5.91 Å². The lowest BCUT2D eigenvalue weighted by Gasteiger charge is -2.07. The van der Waals surface area contributed by atoms with Gasteiger partial charge in [0.05, 0.1) is 11.4 Å². The molecule has 7 heteroatoms. The molecule has 1 aromatic heterocycles. The third kappa shape index (κ3) is 3.24. The van der Waals surface area contributed by atoms with E-state index < -0.39 is 29.0 Å². The van der Waals surface area contributed by atoms with Crippen molar-refractivity contribution in [2.24, 2.45) is 0 Å². The highest BCUT2D eigenvalue weighted by Gasteiger charge is 2.16. The molecule has 21 heavy (non-hydrogen) atoms. The molecule has 2 aromatic rings. The number of benzene rings is 1. The second kappa shape index (κ2) is 5.99. The zero-order valence-electron chi connectivity index (χ0n) is 11.5. The summed E-state index contributed by atoms with van der Waals surface area (Å²) in [5.74, 6) is -4.24. The van der Waals surface area contributed by atoms with Gasteiger partial charge < -0.3 is 9.84 Å². The van der Waals surface area contributed by atoms with Crippen molar-refractivity contribution in [1.29, 1.82) is 0 Å². The average molecular weight is 298 g/mol. The Morgan fingerprint density at radius 3 is 2.57 bits per heavy atom. The second-order valence-electron chi connectivity index (χ2n) is 4.57. The number of aromatic nitrogens is 1. The van der Waals surface area contributed by atoms with Crippen molar-refractivity contribution in [3.8, 4) is 0 Å². The maximum atomic E-state index is 13.4. The molecule has 2 rings (SSSR count). The highest BCUT2D eigenvalue weighted by Crippen LogP contribution is 2.20. The van der Waals surface area contributed by atoms with Crippen molar-refractivity contribution in [2.75, 3.05) is 5.32 Å². The first kappa shape index (κ1) is 15.1. The summed E-state index contributed by atoms with van der Waals surface area (Å²) in [5, 5.41) is 5.96. The van der Waals surface area contributed by atoms with Gasteiger partial charge in [-0.15, -0.1) is 0 Å². The standard InChI is InChI=1S/C14H13F3N2O2/c1-7-9(8(2)21-19-7)3-6-12(20)18-11-5-4-10(15)13(16)14(11)17/h4-5H,3,6H2,1-2H3,(H,18,20). The monoisotopic (exact) mass is 298 g/mol.